The second-order valence-corrected chi connectivity index (χ2v) is 5.78. The van der Waals surface area contributed by atoms with Gasteiger partial charge in [-0.15, -0.1) is 0 Å². The van der Waals surface area contributed by atoms with Crippen LogP contribution in [0.1, 0.15) is 45.7 Å². The predicted octanol–water partition coefficient (Wildman–Crippen LogP) is 3.97. The molecule has 0 unspecified atom stereocenters. The summed E-state index contributed by atoms with van der Waals surface area (Å²) in [5, 5.41) is 2.14. The van der Waals surface area contributed by atoms with Crippen LogP contribution < -0.4 is 5.63 Å². The molecule has 2 aromatic carbocycles. The average Bonchev–Trinajstić information content (AvgIpc) is 2.50. The lowest BCUT2D eigenvalue weighted by molar-refractivity contribution is 0.101. The third kappa shape index (κ3) is 2.18. The average molecular weight is 308 g/mol. The number of carbonyl (C=O) groups excluding carboxylic acids is 2. The lowest BCUT2D eigenvalue weighted by atomic mass is 9.91. The van der Waals surface area contributed by atoms with Crippen molar-refractivity contribution in [3.05, 3.63) is 56.9 Å². The Balaban J connectivity index is 2.71. The molecule has 0 N–H and O–H groups in total. The second kappa shape index (κ2) is 5.16. The van der Waals surface area contributed by atoms with Crippen molar-refractivity contribution < 1.29 is 14.0 Å². The number of hydrogen-bond acceptors (Lipinski definition) is 4. The Morgan fingerprint density at radius 1 is 0.913 bits per heavy atom. The number of rotatable bonds is 2. The van der Waals surface area contributed by atoms with E-state index in [0.29, 0.717) is 27.7 Å². The third-order valence-corrected chi connectivity index (χ3v) is 4.33. The van der Waals surface area contributed by atoms with Crippen molar-refractivity contribution in [3.63, 3.8) is 0 Å². The Hall–Kier alpha value is -2.75. The standard InChI is InChI=1S/C19H16O4/c1-9-10(2)19(22)23-16-8-15(12(4)21)18-13(11(3)20)6-5-7-14(18)17(9)16/h5-8H,1-4H3. The first-order valence-corrected chi connectivity index (χ1v) is 7.34. The predicted molar refractivity (Wildman–Crippen MR) is 89.5 cm³/mol. The quantitative estimate of drug-likeness (QED) is 0.408. The molecule has 0 spiro atoms. The molecule has 0 saturated heterocycles. The van der Waals surface area contributed by atoms with Gasteiger partial charge in [-0.3, -0.25) is 9.59 Å². The van der Waals surface area contributed by atoms with Gasteiger partial charge in [0.15, 0.2) is 11.6 Å². The molecular formula is C19H16O4. The zero-order chi connectivity index (χ0) is 16.9. The van der Waals surface area contributed by atoms with Gasteiger partial charge >= 0.3 is 5.63 Å². The summed E-state index contributed by atoms with van der Waals surface area (Å²) >= 11 is 0. The summed E-state index contributed by atoms with van der Waals surface area (Å²) in [4.78, 5) is 36.0. The highest BCUT2D eigenvalue weighted by atomic mass is 16.4. The van der Waals surface area contributed by atoms with Crippen LogP contribution in [-0.2, 0) is 0 Å². The molecule has 0 aliphatic heterocycles. The van der Waals surface area contributed by atoms with Crippen LogP contribution in [0.25, 0.3) is 21.7 Å². The van der Waals surface area contributed by atoms with E-state index in [4.69, 9.17) is 4.42 Å². The van der Waals surface area contributed by atoms with E-state index in [2.05, 4.69) is 0 Å². The summed E-state index contributed by atoms with van der Waals surface area (Å²) in [6.07, 6.45) is 0. The van der Waals surface area contributed by atoms with Gasteiger partial charge in [0.2, 0.25) is 0 Å². The molecule has 1 aromatic heterocycles. The molecule has 0 fully saturated rings. The number of Topliss-reactive ketones (excluding diaryl/α,β-unsaturated/α-hetero) is 2. The minimum Gasteiger partial charge on any atom is -0.422 e. The van der Waals surface area contributed by atoms with Gasteiger partial charge < -0.3 is 4.42 Å². The Kier molecular flexibility index (Phi) is 3.40. The molecule has 0 bridgehead atoms. The summed E-state index contributed by atoms with van der Waals surface area (Å²) in [6.45, 7) is 6.48. The Morgan fingerprint density at radius 2 is 1.57 bits per heavy atom. The fourth-order valence-electron chi connectivity index (χ4n) is 3.01. The highest BCUT2D eigenvalue weighted by Crippen LogP contribution is 2.33. The zero-order valence-corrected chi connectivity index (χ0v) is 13.4. The number of benzene rings is 2. The first kappa shape index (κ1) is 15.2. The number of ketones is 2. The SMILES string of the molecule is CC(=O)c1cccc2c1c(C(C)=O)cc1oc(=O)c(C)c(C)c12. The smallest absolute Gasteiger partial charge is 0.339 e. The van der Waals surface area contributed by atoms with E-state index in [-0.39, 0.29) is 11.6 Å². The van der Waals surface area contributed by atoms with Gasteiger partial charge in [-0.2, -0.15) is 0 Å². The number of hydrogen-bond donors (Lipinski definition) is 0. The first-order chi connectivity index (χ1) is 10.8. The number of fused-ring (bicyclic) bond motifs is 3. The van der Waals surface area contributed by atoms with E-state index in [1.807, 2.05) is 13.0 Å². The molecule has 4 nitrogen and oxygen atoms in total. The summed E-state index contributed by atoms with van der Waals surface area (Å²) in [5.74, 6) is -0.282. The third-order valence-electron chi connectivity index (χ3n) is 4.33. The monoisotopic (exact) mass is 308 g/mol. The fourth-order valence-corrected chi connectivity index (χ4v) is 3.01. The van der Waals surface area contributed by atoms with E-state index >= 15 is 0 Å². The molecule has 4 heteroatoms. The Labute approximate surface area is 132 Å². The van der Waals surface area contributed by atoms with Gasteiger partial charge in [-0.25, -0.2) is 4.79 Å². The lowest BCUT2D eigenvalue weighted by Gasteiger charge is -2.13. The molecule has 3 aromatic rings. The fraction of sp³-hybridized carbons (Fsp3) is 0.211. The first-order valence-electron chi connectivity index (χ1n) is 7.34. The van der Waals surface area contributed by atoms with Crippen molar-refractivity contribution in [2.45, 2.75) is 27.7 Å². The van der Waals surface area contributed by atoms with Crippen LogP contribution in [0.5, 0.6) is 0 Å². The van der Waals surface area contributed by atoms with Crippen LogP contribution >= 0.6 is 0 Å². The molecule has 1 heterocycles. The van der Waals surface area contributed by atoms with E-state index in [1.165, 1.54) is 13.8 Å². The van der Waals surface area contributed by atoms with Crippen LogP contribution in [0.2, 0.25) is 0 Å². The van der Waals surface area contributed by atoms with Gasteiger partial charge in [0, 0.05) is 27.5 Å². The molecule has 0 amide bonds. The molecule has 0 aliphatic carbocycles. The molecule has 23 heavy (non-hydrogen) atoms. The van der Waals surface area contributed by atoms with Crippen molar-refractivity contribution in [1.29, 1.82) is 0 Å². The minimum absolute atomic E-state index is 0.107. The highest BCUT2D eigenvalue weighted by Gasteiger charge is 2.19. The van der Waals surface area contributed by atoms with E-state index in [1.54, 1.807) is 25.1 Å². The summed E-state index contributed by atoms with van der Waals surface area (Å²) in [6, 6.07) is 6.91. The number of aryl methyl sites for hydroxylation is 1. The molecule has 116 valence electrons. The van der Waals surface area contributed by atoms with Crippen molar-refractivity contribution in [3.8, 4) is 0 Å². The van der Waals surface area contributed by atoms with Gasteiger partial charge in [0.05, 0.1) is 0 Å². The van der Waals surface area contributed by atoms with E-state index in [9.17, 15) is 14.4 Å². The summed E-state index contributed by atoms with van der Waals surface area (Å²) in [7, 11) is 0. The van der Waals surface area contributed by atoms with Crippen molar-refractivity contribution in [2.24, 2.45) is 0 Å². The zero-order valence-electron chi connectivity index (χ0n) is 13.4. The minimum atomic E-state index is -0.411. The van der Waals surface area contributed by atoms with Gasteiger partial charge in [0.25, 0.3) is 0 Å². The summed E-state index contributed by atoms with van der Waals surface area (Å²) in [5.41, 5.74) is 2.19. The van der Waals surface area contributed by atoms with Crippen LogP contribution in [0.3, 0.4) is 0 Å². The van der Waals surface area contributed by atoms with Crippen molar-refractivity contribution in [2.75, 3.05) is 0 Å². The second-order valence-electron chi connectivity index (χ2n) is 5.78. The lowest BCUT2D eigenvalue weighted by Crippen LogP contribution is -2.08. The largest absolute Gasteiger partial charge is 0.422 e. The Bertz CT molecular complexity index is 1050. The van der Waals surface area contributed by atoms with Gasteiger partial charge in [-0.05, 0) is 44.7 Å². The van der Waals surface area contributed by atoms with E-state index in [0.717, 1.165) is 16.3 Å². The maximum atomic E-state index is 12.1. The van der Waals surface area contributed by atoms with Crippen LogP contribution in [-0.4, -0.2) is 11.6 Å². The van der Waals surface area contributed by atoms with Crippen molar-refractivity contribution in [1.82, 2.24) is 0 Å². The highest BCUT2D eigenvalue weighted by molar-refractivity contribution is 6.22. The van der Waals surface area contributed by atoms with Crippen molar-refractivity contribution >= 4 is 33.3 Å². The van der Waals surface area contributed by atoms with Gasteiger partial charge in [-0.1, -0.05) is 18.2 Å². The molecule has 0 radical (unpaired) electrons. The van der Waals surface area contributed by atoms with Crippen LogP contribution in [0.4, 0.5) is 0 Å². The molecule has 0 aliphatic rings. The van der Waals surface area contributed by atoms with Crippen LogP contribution in [0.15, 0.2) is 33.5 Å². The molecule has 3 rings (SSSR count). The maximum Gasteiger partial charge on any atom is 0.339 e. The molecule has 0 atom stereocenters. The van der Waals surface area contributed by atoms with Crippen LogP contribution in [0, 0.1) is 13.8 Å². The molecular weight excluding hydrogens is 292 g/mol. The topological polar surface area (TPSA) is 64.3 Å². The normalized spacial score (nSPS) is 11.1. The van der Waals surface area contributed by atoms with E-state index < -0.39 is 5.63 Å². The molecule has 0 saturated carbocycles. The summed E-state index contributed by atoms with van der Waals surface area (Å²) < 4.78 is 5.38. The maximum absolute atomic E-state index is 12.1. The Morgan fingerprint density at radius 3 is 2.17 bits per heavy atom. The van der Waals surface area contributed by atoms with Gasteiger partial charge in [0.1, 0.15) is 5.58 Å². The number of carbonyl (C=O) groups is 2.